The number of allylic oxidation sites excluding steroid dienone is 1. The van der Waals surface area contributed by atoms with Crippen LogP contribution in [0.25, 0.3) is 0 Å². The van der Waals surface area contributed by atoms with Crippen molar-refractivity contribution in [2.24, 2.45) is 5.92 Å². The van der Waals surface area contributed by atoms with Crippen molar-refractivity contribution in [1.82, 2.24) is 0 Å². The number of carbonyl (C=O) groups excluding carboxylic acids is 1. The molecule has 0 aliphatic carbocycles. The molecule has 0 aromatic rings. The molecular formula is C8H14O2. The molecule has 0 N–H and O–H groups in total. The summed E-state index contributed by atoms with van der Waals surface area (Å²) in [4.78, 5) is 10.6. The fourth-order valence-electron chi connectivity index (χ4n) is 0.461. The minimum absolute atomic E-state index is 0.254. The summed E-state index contributed by atoms with van der Waals surface area (Å²) < 4.78 is 4.67. The molecule has 0 aromatic carbocycles. The molecule has 0 spiro atoms. The molecule has 10 heavy (non-hydrogen) atoms. The zero-order valence-electron chi connectivity index (χ0n) is 6.76. The van der Waals surface area contributed by atoms with E-state index in [9.17, 15) is 4.79 Å². The molecule has 0 fully saturated rings. The normalized spacial score (nSPS) is 10.8. The highest BCUT2D eigenvalue weighted by Crippen LogP contribution is 1.93. The topological polar surface area (TPSA) is 26.3 Å². The van der Waals surface area contributed by atoms with Crippen molar-refractivity contribution in [1.29, 1.82) is 0 Å². The van der Waals surface area contributed by atoms with E-state index in [0.717, 1.165) is 0 Å². The first kappa shape index (κ1) is 9.21. The van der Waals surface area contributed by atoms with Crippen molar-refractivity contribution in [3.05, 3.63) is 12.2 Å². The highest BCUT2D eigenvalue weighted by atomic mass is 16.5. The molecule has 2 nitrogen and oxygen atoms in total. The average molecular weight is 142 g/mol. The molecule has 0 aliphatic heterocycles. The van der Waals surface area contributed by atoms with Crippen LogP contribution >= 0.6 is 0 Å². The predicted molar refractivity (Wildman–Crippen MR) is 40.6 cm³/mol. The molecule has 0 unspecified atom stereocenters. The van der Waals surface area contributed by atoms with Crippen LogP contribution < -0.4 is 0 Å². The lowest BCUT2D eigenvalue weighted by Gasteiger charge is -1.95. The van der Waals surface area contributed by atoms with Gasteiger partial charge in [0.2, 0.25) is 0 Å². The van der Waals surface area contributed by atoms with Crippen LogP contribution in [0.3, 0.4) is 0 Å². The molecule has 0 bridgehead atoms. The van der Waals surface area contributed by atoms with Gasteiger partial charge in [-0.15, -0.1) is 0 Å². The second-order valence-electron chi connectivity index (χ2n) is 2.36. The SMILES string of the molecule is CCOC(=O)C=CC(C)C. The van der Waals surface area contributed by atoms with Gasteiger partial charge >= 0.3 is 5.97 Å². The first-order chi connectivity index (χ1) is 4.66. The third kappa shape index (κ3) is 5.35. The molecular weight excluding hydrogens is 128 g/mol. The van der Waals surface area contributed by atoms with Gasteiger partial charge in [-0.2, -0.15) is 0 Å². The molecule has 2 heteroatoms. The van der Waals surface area contributed by atoms with Crippen LogP contribution in [-0.2, 0) is 9.53 Å². The fourth-order valence-corrected chi connectivity index (χ4v) is 0.461. The van der Waals surface area contributed by atoms with Crippen molar-refractivity contribution in [3.63, 3.8) is 0 Å². The maximum absolute atomic E-state index is 10.6. The van der Waals surface area contributed by atoms with E-state index in [1.165, 1.54) is 6.08 Å². The van der Waals surface area contributed by atoms with E-state index >= 15 is 0 Å². The number of carbonyl (C=O) groups is 1. The van der Waals surface area contributed by atoms with Gasteiger partial charge in [0.05, 0.1) is 6.61 Å². The third-order valence-electron chi connectivity index (χ3n) is 0.904. The highest BCUT2D eigenvalue weighted by molar-refractivity contribution is 5.81. The lowest BCUT2D eigenvalue weighted by atomic mass is 10.2. The van der Waals surface area contributed by atoms with Crippen LogP contribution in [-0.4, -0.2) is 12.6 Å². The van der Waals surface area contributed by atoms with Gasteiger partial charge in [0.1, 0.15) is 0 Å². The summed E-state index contributed by atoms with van der Waals surface area (Å²) in [6.07, 6.45) is 3.28. The van der Waals surface area contributed by atoms with Gasteiger partial charge in [-0.25, -0.2) is 4.79 Å². The van der Waals surface area contributed by atoms with Crippen molar-refractivity contribution < 1.29 is 9.53 Å². The lowest BCUT2D eigenvalue weighted by Crippen LogP contribution is -1.99. The second-order valence-corrected chi connectivity index (χ2v) is 2.36. The zero-order valence-corrected chi connectivity index (χ0v) is 6.76. The van der Waals surface area contributed by atoms with E-state index in [0.29, 0.717) is 12.5 Å². The van der Waals surface area contributed by atoms with E-state index in [2.05, 4.69) is 4.74 Å². The minimum Gasteiger partial charge on any atom is -0.463 e. The van der Waals surface area contributed by atoms with Crippen molar-refractivity contribution in [2.75, 3.05) is 6.61 Å². The monoisotopic (exact) mass is 142 g/mol. The van der Waals surface area contributed by atoms with Crippen LogP contribution in [0.15, 0.2) is 12.2 Å². The van der Waals surface area contributed by atoms with E-state index in [4.69, 9.17) is 0 Å². The van der Waals surface area contributed by atoms with Crippen LogP contribution in [0.4, 0.5) is 0 Å². The molecule has 0 aromatic heterocycles. The Kier molecular flexibility index (Phi) is 4.63. The predicted octanol–water partition coefficient (Wildman–Crippen LogP) is 1.76. The van der Waals surface area contributed by atoms with Crippen molar-refractivity contribution >= 4 is 5.97 Å². The van der Waals surface area contributed by atoms with Crippen LogP contribution in [0.1, 0.15) is 20.8 Å². The Morgan fingerprint density at radius 1 is 1.60 bits per heavy atom. The fraction of sp³-hybridized carbons (Fsp3) is 0.625. The number of hydrogen-bond acceptors (Lipinski definition) is 2. The van der Waals surface area contributed by atoms with Gasteiger partial charge < -0.3 is 4.74 Å². The largest absolute Gasteiger partial charge is 0.463 e. The number of hydrogen-bond donors (Lipinski definition) is 0. The second kappa shape index (κ2) is 5.03. The summed E-state index contributed by atoms with van der Waals surface area (Å²) in [5.74, 6) is 0.153. The third-order valence-corrected chi connectivity index (χ3v) is 0.904. The Balaban J connectivity index is 3.56. The first-order valence-electron chi connectivity index (χ1n) is 3.51. The van der Waals surface area contributed by atoms with E-state index in [1.807, 2.05) is 19.9 Å². The number of ether oxygens (including phenoxy) is 1. The molecule has 0 amide bonds. The molecule has 0 radical (unpaired) electrons. The van der Waals surface area contributed by atoms with Gasteiger partial charge in [0.25, 0.3) is 0 Å². The number of rotatable bonds is 3. The summed E-state index contributed by atoms with van der Waals surface area (Å²) >= 11 is 0. The van der Waals surface area contributed by atoms with E-state index in [-0.39, 0.29) is 5.97 Å². The summed E-state index contributed by atoms with van der Waals surface area (Å²) in [6.45, 7) is 6.26. The van der Waals surface area contributed by atoms with Crippen LogP contribution in [0.5, 0.6) is 0 Å². The Hall–Kier alpha value is -0.790. The smallest absolute Gasteiger partial charge is 0.330 e. The average Bonchev–Trinajstić information content (AvgIpc) is 1.85. The molecule has 0 atom stereocenters. The zero-order chi connectivity index (χ0) is 7.98. The molecule has 0 aliphatic rings. The standard InChI is InChI=1S/C8H14O2/c1-4-10-8(9)6-5-7(2)3/h5-7H,4H2,1-3H3. The van der Waals surface area contributed by atoms with Gasteiger partial charge in [0, 0.05) is 6.08 Å². The summed E-state index contributed by atoms with van der Waals surface area (Å²) in [5, 5.41) is 0. The quantitative estimate of drug-likeness (QED) is 0.443. The van der Waals surface area contributed by atoms with E-state index < -0.39 is 0 Å². The maximum Gasteiger partial charge on any atom is 0.330 e. The molecule has 0 rings (SSSR count). The molecule has 58 valence electrons. The molecule has 0 saturated heterocycles. The lowest BCUT2D eigenvalue weighted by molar-refractivity contribution is -0.137. The van der Waals surface area contributed by atoms with E-state index in [1.54, 1.807) is 6.92 Å². The summed E-state index contributed by atoms with van der Waals surface area (Å²) in [7, 11) is 0. The highest BCUT2D eigenvalue weighted by Gasteiger charge is 1.92. The van der Waals surface area contributed by atoms with Crippen molar-refractivity contribution in [3.8, 4) is 0 Å². The Labute approximate surface area is 61.9 Å². The summed E-state index contributed by atoms with van der Waals surface area (Å²) in [6, 6.07) is 0. The maximum atomic E-state index is 10.6. The van der Waals surface area contributed by atoms with Gasteiger partial charge in [-0.3, -0.25) is 0 Å². The van der Waals surface area contributed by atoms with Crippen LogP contribution in [0.2, 0.25) is 0 Å². The molecule has 0 heterocycles. The Bertz CT molecular complexity index is 125. The Morgan fingerprint density at radius 3 is 2.60 bits per heavy atom. The minimum atomic E-state index is -0.254. The summed E-state index contributed by atoms with van der Waals surface area (Å²) in [5.41, 5.74) is 0. The van der Waals surface area contributed by atoms with Crippen molar-refractivity contribution in [2.45, 2.75) is 20.8 Å². The molecule has 0 saturated carbocycles. The van der Waals surface area contributed by atoms with Gasteiger partial charge in [0.15, 0.2) is 0 Å². The number of esters is 1. The van der Waals surface area contributed by atoms with Gasteiger partial charge in [-0.1, -0.05) is 19.9 Å². The van der Waals surface area contributed by atoms with Gasteiger partial charge in [-0.05, 0) is 12.8 Å². The Morgan fingerprint density at radius 2 is 2.20 bits per heavy atom. The first-order valence-corrected chi connectivity index (χ1v) is 3.51. The van der Waals surface area contributed by atoms with Crippen LogP contribution in [0, 0.1) is 5.92 Å².